The Morgan fingerprint density at radius 1 is 1.32 bits per heavy atom. The van der Waals surface area contributed by atoms with Crippen molar-refractivity contribution in [1.29, 1.82) is 5.41 Å². The van der Waals surface area contributed by atoms with E-state index >= 15 is 0 Å². The number of piperazine rings is 1. The molecule has 0 aromatic carbocycles. The van der Waals surface area contributed by atoms with Gasteiger partial charge in [0.25, 0.3) is 0 Å². The number of aromatic nitrogens is 2. The first-order valence-electron chi connectivity index (χ1n) is 7.83. The fourth-order valence-corrected chi connectivity index (χ4v) is 2.63. The zero-order chi connectivity index (χ0) is 18.0. The number of nitrogens with two attached hydrogens (primary N) is 1. The normalized spacial score (nSPS) is 14.6. The number of carbonyl (C=O) groups excluding carboxylic acids is 1. The Hall–Kier alpha value is -3.16. The minimum atomic E-state index is 0.0524. The van der Waals surface area contributed by atoms with Gasteiger partial charge in [0.15, 0.2) is 0 Å². The van der Waals surface area contributed by atoms with Crippen LogP contribution in [0.5, 0.6) is 5.88 Å². The lowest BCUT2D eigenvalue weighted by Crippen LogP contribution is -2.48. The lowest BCUT2D eigenvalue weighted by molar-refractivity contribution is -0.129. The second-order valence-electron chi connectivity index (χ2n) is 5.83. The van der Waals surface area contributed by atoms with Crippen molar-refractivity contribution >= 4 is 23.1 Å². The molecule has 3 N–H and O–H groups in total. The molecule has 1 saturated heterocycles. The van der Waals surface area contributed by atoms with Gasteiger partial charge < -0.3 is 20.3 Å². The van der Waals surface area contributed by atoms with Crippen LogP contribution in [0.15, 0.2) is 30.6 Å². The SMILES string of the molecule is COc1cc(C(=N)c2ccnc(N3CCN(C)C(=O)C3)c2)c(N)cn1. The summed E-state index contributed by atoms with van der Waals surface area (Å²) in [5, 5.41) is 8.48. The lowest BCUT2D eigenvalue weighted by Gasteiger charge is -2.32. The van der Waals surface area contributed by atoms with Crippen molar-refractivity contribution in [2.45, 2.75) is 0 Å². The third kappa shape index (κ3) is 3.37. The van der Waals surface area contributed by atoms with E-state index in [1.54, 1.807) is 36.3 Å². The summed E-state index contributed by atoms with van der Waals surface area (Å²) in [6, 6.07) is 5.18. The predicted molar refractivity (Wildman–Crippen MR) is 95.2 cm³/mol. The number of rotatable bonds is 4. The molecule has 2 aromatic heterocycles. The number of ether oxygens (including phenoxy) is 1. The molecule has 1 fully saturated rings. The van der Waals surface area contributed by atoms with Crippen molar-refractivity contribution in [1.82, 2.24) is 14.9 Å². The highest BCUT2D eigenvalue weighted by atomic mass is 16.5. The van der Waals surface area contributed by atoms with Gasteiger partial charge in [0.1, 0.15) is 5.82 Å². The smallest absolute Gasteiger partial charge is 0.241 e. The highest BCUT2D eigenvalue weighted by Crippen LogP contribution is 2.22. The van der Waals surface area contributed by atoms with E-state index in [0.29, 0.717) is 41.6 Å². The molecule has 130 valence electrons. The van der Waals surface area contributed by atoms with E-state index in [1.807, 2.05) is 4.90 Å². The Morgan fingerprint density at radius 2 is 2.12 bits per heavy atom. The van der Waals surface area contributed by atoms with E-state index < -0.39 is 0 Å². The van der Waals surface area contributed by atoms with Crippen molar-refractivity contribution in [3.63, 3.8) is 0 Å². The van der Waals surface area contributed by atoms with Crippen molar-refractivity contribution in [3.05, 3.63) is 41.7 Å². The summed E-state index contributed by atoms with van der Waals surface area (Å²) in [5.74, 6) is 1.12. The van der Waals surface area contributed by atoms with Crippen molar-refractivity contribution in [2.24, 2.45) is 0 Å². The molecule has 3 rings (SSSR count). The van der Waals surface area contributed by atoms with E-state index in [2.05, 4.69) is 9.97 Å². The number of nitrogens with zero attached hydrogens (tertiary/aromatic N) is 4. The second kappa shape index (κ2) is 6.76. The summed E-state index contributed by atoms with van der Waals surface area (Å²) in [4.78, 5) is 23.9. The number of carbonyl (C=O) groups is 1. The molecule has 3 heterocycles. The van der Waals surface area contributed by atoms with Crippen LogP contribution >= 0.6 is 0 Å². The molecule has 0 bridgehead atoms. The summed E-state index contributed by atoms with van der Waals surface area (Å²) in [7, 11) is 3.31. The molecular formula is C17H20N6O2. The molecule has 0 radical (unpaired) electrons. The van der Waals surface area contributed by atoms with E-state index in [-0.39, 0.29) is 18.2 Å². The number of nitrogens with one attached hydrogen (secondary N) is 1. The second-order valence-corrected chi connectivity index (χ2v) is 5.83. The summed E-state index contributed by atoms with van der Waals surface area (Å²) < 4.78 is 5.11. The molecule has 1 aliphatic rings. The molecule has 1 aliphatic heterocycles. The first kappa shape index (κ1) is 16.7. The van der Waals surface area contributed by atoms with Crippen LogP contribution in [0.2, 0.25) is 0 Å². The molecule has 2 aromatic rings. The summed E-state index contributed by atoms with van der Waals surface area (Å²) in [5.41, 5.74) is 7.82. The maximum absolute atomic E-state index is 11.9. The maximum atomic E-state index is 11.9. The van der Waals surface area contributed by atoms with Gasteiger partial charge in [-0.25, -0.2) is 9.97 Å². The number of hydrogen-bond acceptors (Lipinski definition) is 7. The minimum Gasteiger partial charge on any atom is -0.481 e. The fourth-order valence-electron chi connectivity index (χ4n) is 2.63. The first-order chi connectivity index (χ1) is 12.0. The molecule has 25 heavy (non-hydrogen) atoms. The van der Waals surface area contributed by atoms with E-state index in [9.17, 15) is 4.79 Å². The van der Waals surface area contributed by atoms with Gasteiger partial charge in [0.05, 0.1) is 31.3 Å². The van der Waals surface area contributed by atoms with Gasteiger partial charge in [0.2, 0.25) is 11.8 Å². The summed E-state index contributed by atoms with van der Waals surface area (Å²) in [6.07, 6.45) is 3.11. The average Bonchev–Trinajstić information content (AvgIpc) is 2.64. The molecule has 0 atom stereocenters. The molecule has 8 heteroatoms. The van der Waals surface area contributed by atoms with Crippen LogP contribution in [0.4, 0.5) is 11.5 Å². The van der Waals surface area contributed by atoms with Crippen molar-refractivity contribution < 1.29 is 9.53 Å². The third-order valence-electron chi connectivity index (χ3n) is 4.20. The number of amides is 1. The minimum absolute atomic E-state index is 0.0524. The van der Waals surface area contributed by atoms with Gasteiger partial charge in [-0.15, -0.1) is 0 Å². The Morgan fingerprint density at radius 3 is 2.84 bits per heavy atom. The first-order valence-corrected chi connectivity index (χ1v) is 7.83. The topological polar surface area (TPSA) is 108 Å². The quantitative estimate of drug-likeness (QED) is 0.796. The largest absolute Gasteiger partial charge is 0.481 e. The van der Waals surface area contributed by atoms with Gasteiger partial charge >= 0.3 is 0 Å². The third-order valence-corrected chi connectivity index (χ3v) is 4.20. The molecule has 0 unspecified atom stereocenters. The predicted octanol–water partition coefficient (Wildman–Crippen LogP) is 0.762. The zero-order valence-electron chi connectivity index (χ0n) is 14.2. The van der Waals surface area contributed by atoms with Gasteiger partial charge in [-0.05, 0) is 12.1 Å². The number of anilines is 2. The van der Waals surface area contributed by atoms with E-state index in [4.69, 9.17) is 15.9 Å². The molecular weight excluding hydrogens is 320 g/mol. The lowest BCUT2D eigenvalue weighted by atomic mass is 10.0. The van der Waals surface area contributed by atoms with Crippen molar-refractivity contribution in [2.75, 3.05) is 44.4 Å². The van der Waals surface area contributed by atoms with Crippen LogP contribution in [0, 0.1) is 5.41 Å². The van der Waals surface area contributed by atoms with Crippen LogP contribution < -0.4 is 15.4 Å². The number of nitrogen functional groups attached to an aromatic ring is 1. The Labute approximate surface area is 145 Å². The summed E-state index contributed by atoms with van der Waals surface area (Å²) in [6.45, 7) is 1.64. The molecule has 0 aliphatic carbocycles. The average molecular weight is 340 g/mol. The standard InChI is InChI=1S/C17H20N6O2/c1-22-5-6-23(10-16(22)24)14-7-11(3-4-20-14)17(19)12-8-15(25-2)21-9-13(12)18/h3-4,7-9,19H,5-6,10,18H2,1-2H3. The Balaban J connectivity index is 1.89. The van der Waals surface area contributed by atoms with Gasteiger partial charge in [-0.2, -0.15) is 0 Å². The van der Waals surface area contributed by atoms with Crippen LogP contribution in [0.3, 0.4) is 0 Å². The van der Waals surface area contributed by atoms with Crippen LogP contribution in [-0.4, -0.2) is 60.3 Å². The highest BCUT2D eigenvalue weighted by Gasteiger charge is 2.22. The van der Waals surface area contributed by atoms with Gasteiger partial charge in [-0.3, -0.25) is 10.2 Å². The molecule has 0 spiro atoms. The number of likely N-dealkylation sites (N-methyl/N-ethyl adjacent to an activating group) is 1. The molecule has 0 saturated carbocycles. The van der Waals surface area contributed by atoms with E-state index in [1.165, 1.54) is 13.3 Å². The maximum Gasteiger partial charge on any atom is 0.241 e. The van der Waals surface area contributed by atoms with Crippen LogP contribution in [-0.2, 0) is 4.79 Å². The summed E-state index contributed by atoms with van der Waals surface area (Å²) >= 11 is 0. The van der Waals surface area contributed by atoms with E-state index in [0.717, 1.165) is 0 Å². The van der Waals surface area contributed by atoms with Gasteiger partial charge in [-0.1, -0.05) is 0 Å². The molecule has 1 amide bonds. The molecule has 8 nitrogen and oxygen atoms in total. The van der Waals surface area contributed by atoms with Crippen LogP contribution in [0.1, 0.15) is 11.1 Å². The number of pyridine rings is 2. The van der Waals surface area contributed by atoms with Crippen LogP contribution in [0.25, 0.3) is 0 Å². The fraction of sp³-hybridized carbons (Fsp3) is 0.294. The van der Waals surface area contributed by atoms with Crippen molar-refractivity contribution in [3.8, 4) is 5.88 Å². The van der Waals surface area contributed by atoms with Gasteiger partial charge in [0, 0.05) is 43.5 Å². The number of hydrogen-bond donors (Lipinski definition) is 2. The Kier molecular flexibility index (Phi) is 4.51. The Bertz CT molecular complexity index is 823. The number of methoxy groups -OCH3 is 1. The zero-order valence-corrected chi connectivity index (χ0v) is 14.2. The monoisotopic (exact) mass is 340 g/mol. The highest BCUT2D eigenvalue weighted by molar-refractivity contribution is 6.14.